The summed E-state index contributed by atoms with van der Waals surface area (Å²) in [6, 6.07) is 20.2. The molecule has 0 unspecified atom stereocenters. The van der Waals surface area contributed by atoms with Crippen molar-refractivity contribution in [3.05, 3.63) is 99.0 Å². The predicted octanol–water partition coefficient (Wildman–Crippen LogP) is 6.15. The lowest BCUT2D eigenvalue weighted by Crippen LogP contribution is -2.45. The van der Waals surface area contributed by atoms with E-state index in [0.717, 1.165) is 11.1 Å². The summed E-state index contributed by atoms with van der Waals surface area (Å²) in [6.07, 6.45) is 0.280. The van der Waals surface area contributed by atoms with Crippen LogP contribution < -0.4 is 10.6 Å². The summed E-state index contributed by atoms with van der Waals surface area (Å²) in [7, 11) is 0. The molecule has 34 heavy (non-hydrogen) atoms. The maximum atomic E-state index is 13.1. The maximum absolute atomic E-state index is 13.1. The van der Waals surface area contributed by atoms with Gasteiger partial charge in [-0.2, -0.15) is 0 Å². The molecule has 0 spiro atoms. The summed E-state index contributed by atoms with van der Waals surface area (Å²) >= 11 is 19.1. The summed E-state index contributed by atoms with van der Waals surface area (Å²) in [6.45, 7) is 0. The fourth-order valence-corrected chi connectivity index (χ4v) is 4.29. The van der Waals surface area contributed by atoms with E-state index in [0.29, 0.717) is 25.7 Å². The van der Waals surface area contributed by atoms with Crippen LogP contribution in [0.2, 0.25) is 15.1 Å². The highest BCUT2D eigenvalue weighted by molar-refractivity contribution is 7.18. The molecule has 0 radical (unpaired) electrons. The molecule has 0 aliphatic rings. The van der Waals surface area contributed by atoms with Crippen molar-refractivity contribution >= 4 is 63.1 Å². The van der Waals surface area contributed by atoms with E-state index >= 15 is 0 Å². The number of carbonyl (C=O) groups excluding carboxylic acids is 2. The Bertz CT molecular complexity index is 1310. The molecule has 4 aromatic rings. The van der Waals surface area contributed by atoms with E-state index in [4.69, 9.17) is 34.8 Å². The van der Waals surface area contributed by atoms with Crippen molar-refractivity contribution in [3.8, 4) is 10.6 Å². The molecule has 1 aromatic heterocycles. The number of carbonyl (C=O) groups is 2. The van der Waals surface area contributed by atoms with Gasteiger partial charge in [-0.3, -0.25) is 14.9 Å². The Hall–Kier alpha value is -2.97. The Morgan fingerprint density at radius 3 is 2.32 bits per heavy atom. The van der Waals surface area contributed by atoms with Crippen molar-refractivity contribution in [1.29, 1.82) is 0 Å². The SMILES string of the molecule is O=C(N[C@@H](Cc1ccccc1)C(=O)Nc1nnc(-c2ccc(Cl)cc2)s1)c1ccc(Cl)c(Cl)c1. The topological polar surface area (TPSA) is 84.0 Å². The Balaban J connectivity index is 1.52. The van der Waals surface area contributed by atoms with Crippen molar-refractivity contribution in [2.75, 3.05) is 5.32 Å². The lowest BCUT2D eigenvalue weighted by atomic mass is 10.0. The molecule has 2 amide bonds. The minimum atomic E-state index is -0.868. The molecule has 10 heteroatoms. The number of nitrogens with zero attached hydrogens (tertiary/aromatic N) is 2. The molecule has 172 valence electrons. The highest BCUT2D eigenvalue weighted by Crippen LogP contribution is 2.27. The van der Waals surface area contributed by atoms with Crippen LogP contribution in [0.15, 0.2) is 72.8 Å². The first-order chi connectivity index (χ1) is 16.4. The minimum Gasteiger partial charge on any atom is -0.340 e. The van der Waals surface area contributed by atoms with E-state index in [1.165, 1.54) is 23.5 Å². The zero-order chi connectivity index (χ0) is 24.1. The van der Waals surface area contributed by atoms with Gasteiger partial charge in [-0.1, -0.05) is 88.6 Å². The number of halogens is 3. The molecular formula is C24H17Cl3N4O2S. The average Bonchev–Trinajstić information content (AvgIpc) is 3.30. The van der Waals surface area contributed by atoms with E-state index in [2.05, 4.69) is 20.8 Å². The van der Waals surface area contributed by atoms with E-state index in [1.54, 1.807) is 18.2 Å². The Morgan fingerprint density at radius 1 is 0.882 bits per heavy atom. The van der Waals surface area contributed by atoms with E-state index in [9.17, 15) is 9.59 Å². The van der Waals surface area contributed by atoms with Gasteiger partial charge in [0.25, 0.3) is 5.91 Å². The highest BCUT2D eigenvalue weighted by atomic mass is 35.5. The van der Waals surface area contributed by atoms with E-state index in [1.807, 2.05) is 42.5 Å². The fraction of sp³-hybridized carbons (Fsp3) is 0.0833. The third kappa shape index (κ3) is 6.12. The molecule has 0 saturated heterocycles. The van der Waals surface area contributed by atoms with Crippen LogP contribution in [0.1, 0.15) is 15.9 Å². The first kappa shape index (κ1) is 24.2. The number of anilines is 1. The number of nitrogens with one attached hydrogen (secondary N) is 2. The van der Waals surface area contributed by atoms with Crippen LogP contribution in [0, 0.1) is 0 Å². The Morgan fingerprint density at radius 2 is 1.62 bits per heavy atom. The molecule has 0 aliphatic carbocycles. The summed E-state index contributed by atoms with van der Waals surface area (Å²) in [4.78, 5) is 26.0. The number of aromatic nitrogens is 2. The second-order valence-corrected chi connectivity index (χ2v) is 9.48. The Labute approximate surface area is 214 Å². The molecule has 3 aromatic carbocycles. The molecule has 1 atom stereocenters. The van der Waals surface area contributed by atoms with Gasteiger partial charge in [-0.15, -0.1) is 10.2 Å². The first-order valence-electron chi connectivity index (χ1n) is 10.1. The second-order valence-electron chi connectivity index (χ2n) is 7.25. The summed E-state index contributed by atoms with van der Waals surface area (Å²) in [5.74, 6) is -0.871. The zero-order valence-electron chi connectivity index (χ0n) is 17.5. The maximum Gasteiger partial charge on any atom is 0.251 e. The lowest BCUT2D eigenvalue weighted by molar-refractivity contribution is -0.118. The van der Waals surface area contributed by atoms with Crippen LogP contribution in [0.4, 0.5) is 5.13 Å². The lowest BCUT2D eigenvalue weighted by Gasteiger charge is -2.18. The van der Waals surface area contributed by atoms with Crippen molar-refractivity contribution in [1.82, 2.24) is 15.5 Å². The number of amides is 2. The number of benzene rings is 3. The number of hydrogen-bond acceptors (Lipinski definition) is 5. The normalized spacial score (nSPS) is 11.6. The summed E-state index contributed by atoms with van der Waals surface area (Å²) in [5.41, 5.74) is 2.01. The summed E-state index contributed by atoms with van der Waals surface area (Å²) < 4.78 is 0. The fourth-order valence-electron chi connectivity index (χ4n) is 3.11. The van der Waals surface area contributed by atoms with Crippen LogP contribution >= 0.6 is 46.1 Å². The minimum absolute atomic E-state index is 0.252. The van der Waals surface area contributed by atoms with Crippen LogP contribution in [0.25, 0.3) is 10.6 Å². The van der Waals surface area contributed by atoms with Gasteiger partial charge in [-0.25, -0.2) is 0 Å². The monoisotopic (exact) mass is 530 g/mol. The van der Waals surface area contributed by atoms with Gasteiger partial charge in [0.1, 0.15) is 11.0 Å². The molecule has 2 N–H and O–H groups in total. The van der Waals surface area contributed by atoms with E-state index < -0.39 is 17.9 Å². The quantitative estimate of drug-likeness (QED) is 0.300. The second kappa shape index (κ2) is 11.0. The van der Waals surface area contributed by atoms with Crippen molar-refractivity contribution in [2.24, 2.45) is 0 Å². The largest absolute Gasteiger partial charge is 0.340 e. The summed E-state index contributed by atoms with van der Waals surface area (Å²) in [5, 5.41) is 15.9. The van der Waals surface area contributed by atoms with Gasteiger partial charge in [0.2, 0.25) is 11.0 Å². The number of hydrogen-bond donors (Lipinski definition) is 2. The predicted molar refractivity (Wildman–Crippen MR) is 137 cm³/mol. The molecule has 0 saturated carbocycles. The van der Waals surface area contributed by atoms with Gasteiger partial charge < -0.3 is 5.32 Å². The van der Waals surface area contributed by atoms with Crippen LogP contribution in [-0.4, -0.2) is 28.1 Å². The first-order valence-corrected chi connectivity index (χ1v) is 12.0. The van der Waals surface area contributed by atoms with Gasteiger partial charge in [0.15, 0.2) is 0 Å². The molecule has 4 rings (SSSR count). The molecule has 0 bridgehead atoms. The van der Waals surface area contributed by atoms with Crippen molar-refractivity contribution in [2.45, 2.75) is 12.5 Å². The number of rotatable bonds is 7. The standard InChI is InChI=1S/C24H17Cl3N4O2S/c25-17-9-6-15(7-10-17)23-30-31-24(34-23)29-22(33)20(12-14-4-2-1-3-5-14)28-21(32)16-8-11-18(26)19(27)13-16/h1-11,13,20H,12H2,(H,28,32)(H,29,31,33)/t20-/m0/s1. The van der Waals surface area contributed by atoms with Crippen molar-refractivity contribution < 1.29 is 9.59 Å². The van der Waals surface area contributed by atoms with E-state index in [-0.39, 0.29) is 11.4 Å². The van der Waals surface area contributed by atoms with Crippen molar-refractivity contribution in [3.63, 3.8) is 0 Å². The van der Waals surface area contributed by atoms with Crippen LogP contribution in [-0.2, 0) is 11.2 Å². The smallest absolute Gasteiger partial charge is 0.251 e. The van der Waals surface area contributed by atoms with Crippen LogP contribution in [0.5, 0.6) is 0 Å². The van der Waals surface area contributed by atoms with Gasteiger partial charge >= 0.3 is 0 Å². The Kier molecular flexibility index (Phi) is 7.80. The van der Waals surface area contributed by atoms with Gasteiger partial charge in [0, 0.05) is 22.6 Å². The average molecular weight is 532 g/mol. The van der Waals surface area contributed by atoms with Gasteiger partial charge in [0.05, 0.1) is 10.0 Å². The highest BCUT2D eigenvalue weighted by Gasteiger charge is 2.24. The molecular weight excluding hydrogens is 515 g/mol. The molecule has 0 fully saturated rings. The third-order valence-electron chi connectivity index (χ3n) is 4.83. The van der Waals surface area contributed by atoms with Crippen LogP contribution in [0.3, 0.4) is 0 Å². The third-order valence-corrected chi connectivity index (χ3v) is 6.71. The molecule has 0 aliphatic heterocycles. The molecule has 6 nitrogen and oxygen atoms in total. The van der Waals surface area contributed by atoms with Gasteiger partial charge in [-0.05, 0) is 35.9 Å². The zero-order valence-corrected chi connectivity index (χ0v) is 20.6. The molecule has 1 heterocycles.